The van der Waals surface area contributed by atoms with Crippen LogP contribution in [0.3, 0.4) is 0 Å². The van der Waals surface area contributed by atoms with Crippen LogP contribution in [0.25, 0.3) is 0 Å². The molecule has 1 amide bonds. The number of rotatable bonds is 65. The Bertz CT molecular complexity index is 1670. The highest BCUT2D eigenvalue weighted by Crippen LogP contribution is 2.43. The van der Waals surface area contributed by atoms with E-state index in [-0.39, 0.29) is 31.5 Å². The smallest absolute Gasteiger partial charge is 0.456 e. The molecule has 84 heavy (non-hydrogen) atoms. The molecule has 0 aliphatic carbocycles. The van der Waals surface area contributed by atoms with Crippen molar-refractivity contribution in [3.05, 3.63) is 72.9 Å². The lowest BCUT2D eigenvalue weighted by Gasteiger charge is -2.27. The van der Waals surface area contributed by atoms with Gasteiger partial charge < -0.3 is 19.4 Å². The van der Waals surface area contributed by atoms with Gasteiger partial charge in [-0.3, -0.25) is 18.6 Å². The van der Waals surface area contributed by atoms with Crippen molar-refractivity contribution >= 4 is 19.7 Å². The molecule has 3 unspecified atom stereocenters. The Kier molecular flexibility index (Phi) is 61.5. The number of carbonyl (C=O) groups is 2. The van der Waals surface area contributed by atoms with Crippen LogP contribution in [0.5, 0.6) is 0 Å². The average Bonchev–Trinajstić information content (AvgIpc) is 3.64. The summed E-state index contributed by atoms with van der Waals surface area (Å²) in [6, 6.07) is -0.868. The first-order chi connectivity index (χ1) is 40.9. The number of hydrogen-bond donors (Lipinski definition) is 2. The monoisotopic (exact) mass is 1200 g/mol. The van der Waals surface area contributed by atoms with Gasteiger partial charge >= 0.3 is 13.8 Å². The molecule has 490 valence electrons. The molecule has 0 fully saturated rings. The number of nitrogens with one attached hydrogen (secondary N) is 1. The molecule has 0 bridgehead atoms. The van der Waals surface area contributed by atoms with Gasteiger partial charge in [-0.1, -0.05) is 319 Å². The van der Waals surface area contributed by atoms with E-state index in [2.05, 4.69) is 86.8 Å². The first-order valence-corrected chi connectivity index (χ1v) is 37.3. The number of allylic oxidation sites excluding steroid dienone is 11. The van der Waals surface area contributed by atoms with Crippen LogP contribution in [0.4, 0.5) is 0 Å². The lowest BCUT2D eigenvalue weighted by molar-refractivity contribution is -0.870. The molecule has 0 aromatic rings. The number of ether oxygens (including phenoxy) is 1. The van der Waals surface area contributed by atoms with Gasteiger partial charge in [0, 0.05) is 12.8 Å². The van der Waals surface area contributed by atoms with Crippen LogP contribution in [0.15, 0.2) is 72.9 Å². The lowest BCUT2D eigenvalue weighted by Crippen LogP contribution is -2.47. The molecular weight excluding hydrogens is 1060 g/mol. The van der Waals surface area contributed by atoms with Crippen LogP contribution in [0.2, 0.25) is 0 Å². The van der Waals surface area contributed by atoms with E-state index >= 15 is 0 Å². The van der Waals surface area contributed by atoms with Crippen LogP contribution in [0, 0.1) is 0 Å². The Morgan fingerprint density at radius 3 is 1.15 bits per heavy atom. The molecule has 3 atom stereocenters. The van der Waals surface area contributed by atoms with Crippen LogP contribution >= 0.6 is 7.82 Å². The van der Waals surface area contributed by atoms with Gasteiger partial charge in [0.05, 0.1) is 33.8 Å². The Morgan fingerprint density at radius 2 is 0.762 bits per heavy atom. The van der Waals surface area contributed by atoms with Crippen molar-refractivity contribution in [3.63, 3.8) is 0 Å². The zero-order valence-electron chi connectivity index (χ0n) is 56.1. The second kappa shape index (κ2) is 63.5. The minimum Gasteiger partial charge on any atom is -0.456 e. The first kappa shape index (κ1) is 81.5. The number of esters is 1. The van der Waals surface area contributed by atoms with E-state index in [1.807, 2.05) is 33.3 Å². The van der Waals surface area contributed by atoms with Gasteiger partial charge in [-0.2, -0.15) is 0 Å². The number of amides is 1. The van der Waals surface area contributed by atoms with Gasteiger partial charge in [0.1, 0.15) is 19.3 Å². The number of quaternary nitrogens is 1. The summed E-state index contributed by atoms with van der Waals surface area (Å²) in [5.41, 5.74) is 0. The zero-order valence-corrected chi connectivity index (χ0v) is 57.0. The maximum absolute atomic E-state index is 13.6. The number of nitrogens with zero attached hydrogens (tertiary/aromatic N) is 1. The molecule has 0 saturated heterocycles. The van der Waals surface area contributed by atoms with Gasteiger partial charge in [-0.05, 0) is 76.7 Å². The third-order valence-corrected chi connectivity index (χ3v) is 16.9. The Balaban J connectivity index is 5.04. The molecule has 0 aliphatic rings. The first-order valence-electron chi connectivity index (χ1n) is 35.8. The van der Waals surface area contributed by atoms with Crippen LogP contribution in [0.1, 0.15) is 335 Å². The van der Waals surface area contributed by atoms with Crippen LogP contribution in [-0.4, -0.2) is 74.3 Å². The van der Waals surface area contributed by atoms with Crippen molar-refractivity contribution in [1.29, 1.82) is 0 Å². The Hall–Kier alpha value is -2.55. The molecule has 0 saturated carbocycles. The number of carbonyl (C=O) groups excluding carboxylic acids is 2. The summed E-state index contributed by atoms with van der Waals surface area (Å²) in [7, 11) is 1.48. The van der Waals surface area contributed by atoms with E-state index in [9.17, 15) is 19.0 Å². The fourth-order valence-corrected chi connectivity index (χ4v) is 11.2. The van der Waals surface area contributed by atoms with Crippen LogP contribution in [-0.2, 0) is 27.9 Å². The Morgan fingerprint density at radius 1 is 0.429 bits per heavy atom. The van der Waals surface area contributed by atoms with E-state index in [0.29, 0.717) is 23.9 Å². The molecule has 0 aromatic heterocycles. The second-order valence-electron chi connectivity index (χ2n) is 25.4. The summed E-state index contributed by atoms with van der Waals surface area (Å²) >= 11 is 0. The second-order valence-corrected chi connectivity index (χ2v) is 26.8. The molecule has 9 nitrogen and oxygen atoms in total. The molecule has 0 radical (unpaired) electrons. The highest BCUT2D eigenvalue weighted by Gasteiger charge is 2.30. The molecule has 0 heterocycles. The van der Waals surface area contributed by atoms with Crippen molar-refractivity contribution in [2.24, 2.45) is 0 Å². The van der Waals surface area contributed by atoms with Crippen molar-refractivity contribution in [3.8, 4) is 0 Å². The van der Waals surface area contributed by atoms with E-state index in [0.717, 1.165) is 89.9 Å². The van der Waals surface area contributed by atoms with Crippen molar-refractivity contribution in [2.45, 2.75) is 348 Å². The number of phosphoric ester groups is 1. The summed E-state index contributed by atoms with van der Waals surface area (Å²) < 4.78 is 30.8. The molecular formula is C74H138N2O7P+. The third-order valence-electron chi connectivity index (χ3n) is 15.9. The average molecular weight is 1200 g/mol. The maximum atomic E-state index is 13.6. The molecule has 0 aromatic carbocycles. The minimum absolute atomic E-state index is 0.0325. The molecule has 10 heteroatoms. The normalized spacial score (nSPS) is 13.9. The molecule has 0 spiro atoms. The van der Waals surface area contributed by atoms with E-state index < -0.39 is 20.0 Å². The predicted octanol–water partition coefficient (Wildman–Crippen LogP) is 22.7. The fraction of sp³-hybridized carbons (Fsp3) is 0.811. The fourth-order valence-electron chi connectivity index (χ4n) is 10.4. The summed E-state index contributed by atoms with van der Waals surface area (Å²) in [4.78, 5) is 37.9. The van der Waals surface area contributed by atoms with Crippen molar-refractivity contribution in [1.82, 2.24) is 5.32 Å². The third kappa shape index (κ3) is 63.9. The number of phosphoric acid groups is 1. The standard InChI is InChI=1S/C74H137N2O7P/c1-7-10-13-16-19-22-25-28-30-32-34-35-36-37-38-39-40-41-43-45-47-49-52-55-58-61-64-67-74(78)83-72(65-62-59-56-53-50-27-24-21-18-15-12-9-3)71(70-82-84(79,80)81-69-68-76(4,5)6)75-73(77)66-63-60-57-54-51-48-46-44-42-33-31-29-26-23-20-17-14-11-8-2/h11,14,20,23,29,31,42,44,48,51,62,65,71-72H,7-10,12-13,15-19,21-22,24-28,30,32-41,43,45-47,49-50,52-61,63-64,66-70H2,1-6H3,(H-,75,77,79,80)/p+1/b14-11-,23-20-,31-29-,44-42-,51-48-,65-62-. The Labute approximate surface area is 521 Å². The summed E-state index contributed by atoms with van der Waals surface area (Å²) in [5, 5.41) is 3.05. The summed E-state index contributed by atoms with van der Waals surface area (Å²) in [6.07, 6.45) is 83.6. The molecule has 0 aliphatic heterocycles. The minimum atomic E-state index is -4.46. The highest BCUT2D eigenvalue weighted by molar-refractivity contribution is 7.47. The lowest BCUT2D eigenvalue weighted by atomic mass is 10.0. The molecule has 2 N–H and O–H groups in total. The quantitative estimate of drug-likeness (QED) is 0.0205. The SMILES string of the molecule is CC/C=C\C/C=C\C/C=C\C/C=C\C/C=C\CCCCCC(=O)NC(COP(=O)(O)OCC[N+](C)(C)C)C(/C=C\CCCCCCCCCCCC)OC(=O)CCCCCCCCCCCCCCCCCCCCCCCCCCCCC. The van der Waals surface area contributed by atoms with Gasteiger partial charge in [0.15, 0.2) is 0 Å². The zero-order chi connectivity index (χ0) is 61.4. The largest absolute Gasteiger partial charge is 0.472 e. The van der Waals surface area contributed by atoms with Gasteiger partial charge in [-0.15, -0.1) is 0 Å². The van der Waals surface area contributed by atoms with E-state index in [1.165, 1.54) is 205 Å². The number of unbranched alkanes of at least 4 members (excludes halogenated alkanes) is 39. The summed E-state index contributed by atoms with van der Waals surface area (Å²) in [6.45, 7) is 6.91. The van der Waals surface area contributed by atoms with Gasteiger partial charge in [0.2, 0.25) is 5.91 Å². The maximum Gasteiger partial charge on any atom is 0.472 e. The van der Waals surface area contributed by atoms with Crippen molar-refractivity contribution < 1.29 is 37.3 Å². The molecule has 0 rings (SSSR count). The van der Waals surface area contributed by atoms with E-state index in [4.69, 9.17) is 13.8 Å². The van der Waals surface area contributed by atoms with Gasteiger partial charge in [0.25, 0.3) is 0 Å². The predicted molar refractivity (Wildman–Crippen MR) is 365 cm³/mol. The number of likely N-dealkylation sites (N-methyl/N-ethyl adjacent to an activating group) is 1. The summed E-state index contributed by atoms with van der Waals surface area (Å²) in [5.74, 6) is -0.532. The highest BCUT2D eigenvalue weighted by atomic mass is 31.2. The van der Waals surface area contributed by atoms with Crippen LogP contribution < -0.4 is 5.32 Å². The topological polar surface area (TPSA) is 111 Å². The number of hydrogen-bond acceptors (Lipinski definition) is 6. The van der Waals surface area contributed by atoms with Crippen molar-refractivity contribution in [2.75, 3.05) is 40.9 Å². The van der Waals surface area contributed by atoms with Gasteiger partial charge in [-0.25, -0.2) is 4.57 Å². The van der Waals surface area contributed by atoms with E-state index in [1.54, 1.807) is 0 Å².